The van der Waals surface area contributed by atoms with Crippen molar-refractivity contribution in [3.63, 3.8) is 0 Å². The monoisotopic (exact) mass is 940 g/mol. The van der Waals surface area contributed by atoms with Crippen LogP contribution in [0, 0.1) is 50.7 Å². The molecule has 19 heteroatoms. The number of ether oxygens (including phenoxy) is 6. The van der Waals surface area contributed by atoms with Crippen molar-refractivity contribution in [2.45, 2.75) is 204 Å². The lowest BCUT2D eigenvalue weighted by atomic mass is 9.34. The molecule has 0 spiro atoms. The lowest BCUT2D eigenvalue weighted by Crippen LogP contribution is -2.69. The van der Waals surface area contributed by atoms with Crippen molar-refractivity contribution < 1.29 is 93.9 Å². The molecule has 374 valence electrons. The number of ketones is 1. The average molecular weight is 941 g/mol. The van der Waals surface area contributed by atoms with Gasteiger partial charge in [0.2, 0.25) is 0 Å². The molecule has 8 rings (SSSR count). The van der Waals surface area contributed by atoms with E-state index in [0.29, 0.717) is 38.5 Å². The van der Waals surface area contributed by atoms with Crippen LogP contribution >= 0.6 is 0 Å². The van der Waals surface area contributed by atoms with E-state index in [9.17, 15) is 65.4 Å². The highest BCUT2D eigenvalue weighted by Crippen LogP contribution is 2.74. The first-order chi connectivity index (χ1) is 30.8. The number of aliphatic carboxylic acids is 1. The third-order valence-electron chi connectivity index (χ3n) is 18.7. The number of Topliss-reactive ketones (excluding diaryl/α,β-unsaturated/α-hetero) is 1. The first kappa shape index (κ1) is 50.3. The number of fused-ring (bicyclic) bond motifs is 7. The van der Waals surface area contributed by atoms with Gasteiger partial charge in [-0.15, -0.1) is 0 Å². The fraction of sp³-hybridized carbons (Fsp3) is 0.894. The first-order valence-corrected chi connectivity index (χ1v) is 23.7. The van der Waals surface area contributed by atoms with Gasteiger partial charge in [-0.2, -0.15) is 0 Å². The predicted molar refractivity (Wildman–Crippen MR) is 225 cm³/mol. The number of allylic oxidation sites excluding steroid dienone is 2. The van der Waals surface area contributed by atoms with Crippen LogP contribution in [0.25, 0.3) is 0 Å². The van der Waals surface area contributed by atoms with E-state index in [-0.39, 0.29) is 46.7 Å². The van der Waals surface area contributed by atoms with Crippen LogP contribution in [0.2, 0.25) is 0 Å². The zero-order chi connectivity index (χ0) is 48.4. The van der Waals surface area contributed by atoms with Crippen molar-refractivity contribution in [3.8, 4) is 0 Å². The second kappa shape index (κ2) is 17.7. The van der Waals surface area contributed by atoms with E-state index in [1.54, 1.807) is 6.92 Å². The third kappa shape index (κ3) is 7.69. The number of carbonyl (C=O) groups is 3. The Hall–Kier alpha value is -2.05. The molecule has 0 aromatic heterocycles. The number of carbonyl (C=O) groups excluding carboxylic acids is 2. The van der Waals surface area contributed by atoms with E-state index >= 15 is 0 Å². The maximum absolute atomic E-state index is 14.1. The second-order valence-corrected chi connectivity index (χ2v) is 22.6. The largest absolute Gasteiger partial charge is 0.479 e. The smallest absolute Gasteiger partial charge is 0.335 e. The average Bonchev–Trinajstić information content (AvgIpc) is 3.25. The number of aldehydes is 1. The number of carboxylic acid groups (broad SMARTS) is 1. The Morgan fingerprint density at radius 3 is 2.03 bits per heavy atom. The minimum absolute atomic E-state index is 0.0323. The van der Waals surface area contributed by atoms with Crippen LogP contribution in [0.5, 0.6) is 0 Å². The van der Waals surface area contributed by atoms with Gasteiger partial charge in [0.1, 0.15) is 73.1 Å². The molecular weight excluding hydrogens is 868 g/mol. The van der Waals surface area contributed by atoms with Gasteiger partial charge in [0.05, 0.1) is 30.3 Å². The van der Waals surface area contributed by atoms with Gasteiger partial charge < -0.3 is 84.3 Å². The van der Waals surface area contributed by atoms with E-state index in [4.69, 9.17) is 28.4 Å². The van der Waals surface area contributed by atoms with Crippen LogP contribution < -0.4 is 0 Å². The molecule has 19 nitrogen and oxygen atoms in total. The number of hydrogen-bond acceptors (Lipinski definition) is 18. The van der Waals surface area contributed by atoms with E-state index < -0.39 is 133 Å². The summed E-state index contributed by atoms with van der Waals surface area (Å²) in [7, 11) is 0. The van der Waals surface area contributed by atoms with Gasteiger partial charge in [-0.1, -0.05) is 53.2 Å². The molecule has 66 heavy (non-hydrogen) atoms. The molecule has 10 N–H and O–H groups in total. The number of aliphatic hydroxyl groups excluding tert-OH is 9. The molecule has 7 fully saturated rings. The molecule has 8 aliphatic rings. The summed E-state index contributed by atoms with van der Waals surface area (Å²) in [6, 6.07) is 0. The lowest BCUT2D eigenvalue weighted by molar-refractivity contribution is -0.394. The molecule has 25 unspecified atom stereocenters. The summed E-state index contributed by atoms with van der Waals surface area (Å²) in [6.07, 6.45) is -21.1. The second-order valence-electron chi connectivity index (χ2n) is 22.6. The standard InChI is InChI=1S/C47H72O19/c1-19-29(52)31(54)33(56)40(61-19)64-36-35(58)37(39(59)60)65-42(38(36)66-41-34(57)32(55)30(53)24(17-48)62-41)63-28-11-12-44(4)25(45(28,5)18-49)10-13-46(6)26(44)9-8-22-21-15-43(2,3)27(51)14-20(21)23(50)16-47(22,46)7/h8,18-21,24-38,40-42,48,51-58H,9-17H2,1-7H3,(H,59,60). The van der Waals surface area contributed by atoms with Crippen molar-refractivity contribution in [1.82, 2.24) is 0 Å². The summed E-state index contributed by atoms with van der Waals surface area (Å²) in [4.78, 5) is 40.7. The Morgan fingerprint density at radius 1 is 0.758 bits per heavy atom. The third-order valence-corrected chi connectivity index (χ3v) is 18.7. The minimum Gasteiger partial charge on any atom is -0.479 e. The van der Waals surface area contributed by atoms with E-state index in [1.165, 1.54) is 12.5 Å². The predicted octanol–water partition coefficient (Wildman–Crippen LogP) is -0.300. The maximum Gasteiger partial charge on any atom is 0.335 e. The fourth-order valence-corrected chi connectivity index (χ4v) is 14.4. The molecule has 0 aromatic carbocycles. The highest BCUT2D eigenvalue weighted by atomic mass is 16.8. The molecule has 25 atom stereocenters. The maximum atomic E-state index is 14.1. The normalized spacial score (nSPS) is 54.8. The zero-order valence-electron chi connectivity index (χ0n) is 38.8. The molecule has 3 heterocycles. The molecule has 0 aromatic rings. The van der Waals surface area contributed by atoms with Crippen LogP contribution in [0.15, 0.2) is 11.6 Å². The topological polar surface area (TPSA) is 309 Å². The minimum atomic E-state index is -2.13. The van der Waals surface area contributed by atoms with Crippen molar-refractivity contribution in [1.29, 1.82) is 0 Å². The Kier molecular flexibility index (Phi) is 13.5. The Bertz CT molecular complexity index is 1880. The lowest BCUT2D eigenvalue weighted by Gasteiger charge is -2.70. The zero-order valence-corrected chi connectivity index (χ0v) is 38.8. The molecule has 4 saturated carbocycles. The summed E-state index contributed by atoms with van der Waals surface area (Å²) < 4.78 is 36.2. The molecule has 0 radical (unpaired) electrons. The molecule has 5 aliphatic carbocycles. The van der Waals surface area contributed by atoms with Crippen LogP contribution in [-0.2, 0) is 42.8 Å². The Labute approximate surface area is 384 Å². The number of carboxylic acids is 1. The Balaban J connectivity index is 1.12. The number of hydrogen-bond donors (Lipinski definition) is 10. The van der Waals surface area contributed by atoms with E-state index in [1.807, 2.05) is 0 Å². The highest BCUT2D eigenvalue weighted by Gasteiger charge is 2.70. The van der Waals surface area contributed by atoms with Gasteiger partial charge in [0.25, 0.3) is 0 Å². The van der Waals surface area contributed by atoms with Crippen molar-refractivity contribution in [3.05, 3.63) is 11.6 Å². The summed E-state index contributed by atoms with van der Waals surface area (Å²) in [6.45, 7) is 13.2. The van der Waals surface area contributed by atoms with Gasteiger partial charge in [-0.3, -0.25) is 4.79 Å². The van der Waals surface area contributed by atoms with Gasteiger partial charge in [-0.25, -0.2) is 4.79 Å². The van der Waals surface area contributed by atoms with Crippen LogP contribution in [0.3, 0.4) is 0 Å². The number of rotatable bonds is 9. The van der Waals surface area contributed by atoms with Crippen LogP contribution in [0.4, 0.5) is 0 Å². The van der Waals surface area contributed by atoms with Crippen molar-refractivity contribution in [2.75, 3.05) is 6.61 Å². The fourth-order valence-electron chi connectivity index (χ4n) is 14.4. The molecular formula is C47H72O19. The van der Waals surface area contributed by atoms with Gasteiger partial charge in [0.15, 0.2) is 25.0 Å². The quantitative estimate of drug-likeness (QED) is 0.0806. The van der Waals surface area contributed by atoms with Crippen LogP contribution in [-0.4, -0.2) is 180 Å². The number of aliphatic hydroxyl groups is 9. The summed E-state index contributed by atoms with van der Waals surface area (Å²) in [5.41, 5.74) is -1.55. The molecule has 3 saturated heterocycles. The van der Waals surface area contributed by atoms with E-state index in [0.717, 1.165) is 12.7 Å². The first-order valence-electron chi connectivity index (χ1n) is 23.7. The van der Waals surface area contributed by atoms with Crippen LogP contribution in [0.1, 0.15) is 99.8 Å². The summed E-state index contributed by atoms with van der Waals surface area (Å²) >= 11 is 0. The summed E-state index contributed by atoms with van der Waals surface area (Å²) in [5.74, 6) is -1.92. The molecule has 0 amide bonds. The van der Waals surface area contributed by atoms with Crippen molar-refractivity contribution in [2.24, 2.45) is 50.7 Å². The molecule has 0 bridgehead atoms. The van der Waals surface area contributed by atoms with Crippen molar-refractivity contribution >= 4 is 18.0 Å². The Morgan fingerprint density at radius 2 is 1.39 bits per heavy atom. The highest BCUT2D eigenvalue weighted by molar-refractivity contribution is 5.85. The summed E-state index contributed by atoms with van der Waals surface area (Å²) in [5, 5.41) is 107. The molecule has 3 aliphatic heterocycles. The van der Waals surface area contributed by atoms with Gasteiger partial charge >= 0.3 is 5.97 Å². The van der Waals surface area contributed by atoms with E-state index in [2.05, 4.69) is 40.7 Å². The van der Waals surface area contributed by atoms with Gasteiger partial charge in [0, 0.05) is 17.8 Å². The van der Waals surface area contributed by atoms with Gasteiger partial charge in [-0.05, 0) is 85.9 Å². The SMILES string of the molecule is CC1OC(OC2C(O)C(C(=O)O)OC(OC3CCC4(C)C(CCC5(C)C4CC=C4C6CC(C)(C)C(O)CC6C(=O)CC45C)C3(C)C=O)C2OC2OC(CO)C(O)C(O)C2O)C(O)C(O)C1O.